The van der Waals surface area contributed by atoms with E-state index >= 15 is 0 Å². The zero-order chi connectivity index (χ0) is 22.0. The SMILES string of the molecule is O=C(Cc1ccccc1)NCCCCCc1nc2ccccc2n1CCC1CCCCC1. The molecule has 32 heavy (non-hydrogen) atoms. The van der Waals surface area contributed by atoms with Crippen molar-refractivity contribution in [3.63, 3.8) is 0 Å². The van der Waals surface area contributed by atoms with Gasteiger partial charge in [0.25, 0.3) is 0 Å². The van der Waals surface area contributed by atoms with E-state index in [0.717, 1.165) is 55.8 Å². The highest BCUT2D eigenvalue weighted by molar-refractivity contribution is 5.78. The van der Waals surface area contributed by atoms with Gasteiger partial charge < -0.3 is 9.88 Å². The second-order valence-corrected chi connectivity index (χ2v) is 9.28. The van der Waals surface area contributed by atoms with Gasteiger partial charge in [-0.1, -0.05) is 81.0 Å². The van der Waals surface area contributed by atoms with Crippen molar-refractivity contribution >= 4 is 16.9 Å². The van der Waals surface area contributed by atoms with Crippen molar-refractivity contribution in [1.29, 1.82) is 0 Å². The van der Waals surface area contributed by atoms with Gasteiger partial charge in [0.1, 0.15) is 5.82 Å². The molecule has 1 saturated carbocycles. The number of imidazole rings is 1. The molecule has 4 nitrogen and oxygen atoms in total. The number of carbonyl (C=O) groups excluding carboxylic acids is 1. The fourth-order valence-corrected chi connectivity index (χ4v) is 5.01. The molecule has 1 aliphatic carbocycles. The summed E-state index contributed by atoms with van der Waals surface area (Å²) in [6, 6.07) is 18.5. The van der Waals surface area contributed by atoms with Crippen LogP contribution < -0.4 is 5.32 Å². The van der Waals surface area contributed by atoms with E-state index in [4.69, 9.17) is 4.98 Å². The number of nitrogens with one attached hydrogen (secondary N) is 1. The number of carbonyl (C=O) groups is 1. The summed E-state index contributed by atoms with van der Waals surface area (Å²) in [6.45, 7) is 1.85. The molecular weight excluding hydrogens is 394 g/mol. The number of fused-ring (bicyclic) bond motifs is 1. The molecule has 1 fully saturated rings. The normalized spacial score (nSPS) is 14.6. The topological polar surface area (TPSA) is 46.9 Å². The lowest BCUT2D eigenvalue weighted by atomic mass is 9.87. The van der Waals surface area contributed by atoms with Gasteiger partial charge in [0.15, 0.2) is 0 Å². The van der Waals surface area contributed by atoms with Gasteiger partial charge in [-0.15, -0.1) is 0 Å². The summed E-state index contributed by atoms with van der Waals surface area (Å²) in [4.78, 5) is 17.1. The second-order valence-electron chi connectivity index (χ2n) is 9.28. The number of aromatic nitrogens is 2. The number of nitrogens with zero attached hydrogens (tertiary/aromatic N) is 2. The molecule has 0 unspecified atom stereocenters. The Morgan fingerprint density at radius 3 is 2.56 bits per heavy atom. The smallest absolute Gasteiger partial charge is 0.224 e. The Labute approximate surface area is 192 Å². The van der Waals surface area contributed by atoms with Crippen LogP contribution in [-0.2, 0) is 24.2 Å². The van der Waals surface area contributed by atoms with Gasteiger partial charge in [0, 0.05) is 19.5 Å². The summed E-state index contributed by atoms with van der Waals surface area (Å²) >= 11 is 0. The number of benzene rings is 2. The molecule has 1 amide bonds. The van der Waals surface area contributed by atoms with Crippen LogP contribution in [0.5, 0.6) is 0 Å². The van der Waals surface area contributed by atoms with E-state index in [-0.39, 0.29) is 5.91 Å². The van der Waals surface area contributed by atoms with E-state index in [9.17, 15) is 4.79 Å². The first-order valence-corrected chi connectivity index (χ1v) is 12.5. The molecule has 2 aromatic carbocycles. The lowest BCUT2D eigenvalue weighted by Gasteiger charge is -2.22. The lowest BCUT2D eigenvalue weighted by molar-refractivity contribution is -0.120. The van der Waals surface area contributed by atoms with Crippen LogP contribution in [0.2, 0.25) is 0 Å². The molecule has 170 valence electrons. The zero-order valence-electron chi connectivity index (χ0n) is 19.3. The predicted molar refractivity (Wildman–Crippen MR) is 132 cm³/mol. The number of aryl methyl sites for hydroxylation is 2. The van der Waals surface area contributed by atoms with Gasteiger partial charge >= 0.3 is 0 Å². The molecule has 0 atom stereocenters. The third-order valence-corrected chi connectivity index (χ3v) is 6.83. The second kappa shape index (κ2) is 11.8. The third-order valence-electron chi connectivity index (χ3n) is 6.83. The molecule has 0 saturated heterocycles. The fourth-order valence-electron chi connectivity index (χ4n) is 5.01. The molecular formula is C28H37N3O. The van der Waals surface area contributed by atoms with Crippen LogP contribution in [-0.4, -0.2) is 22.0 Å². The van der Waals surface area contributed by atoms with Gasteiger partial charge in [0.2, 0.25) is 5.91 Å². The lowest BCUT2D eigenvalue weighted by Crippen LogP contribution is -2.26. The first kappa shape index (κ1) is 22.6. The van der Waals surface area contributed by atoms with E-state index in [1.165, 1.54) is 49.9 Å². The molecule has 3 aromatic rings. The van der Waals surface area contributed by atoms with Crippen LogP contribution in [0.25, 0.3) is 11.0 Å². The van der Waals surface area contributed by atoms with Gasteiger partial charge in [-0.05, 0) is 42.9 Å². The van der Waals surface area contributed by atoms with E-state index < -0.39 is 0 Å². The molecule has 0 radical (unpaired) electrons. The minimum atomic E-state index is 0.112. The first-order chi connectivity index (χ1) is 15.8. The minimum absolute atomic E-state index is 0.112. The summed E-state index contributed by atoms with van der Waals surface area (Å²) in [5.74, 6) is 2.23. The van der Waals surface area contributed by atoms with Crippen molar-refractivity contribution in [2.24, 2.45) is 5.92 Å². The Morgan fingerprint density at radius 2 is 1.72 bits per heavy atom. The summed E-state index contributed by atoms with van der Waals surface area (Å²) in [5.41, 5.74) is 3.47. The maximum Gasteiger partial charge on any atom is 0.224 e. The fraction of sp³-hybridized carbons (Fsp3) is 0.500. The van der Waals surface area contributed by atoms with Crippen LogP contribution in [0.4, 0.5) is 0 Å². The zero-order valence-corrected chi connectivity index (χ0v) is 19.3. The Balaban J connectivity index is 1.22. The molecule has 0 bridgehead atoms. The van der Waals surface area contributed by atoms with Gasteiger partial charge in [-0.3, -0.25) is 4.79 Å². The highest BCUT2D eigenvalue weighted by atomic mass is 16.1. The third kappa shape index (κ3) is 6.44. The highest BCUT2D eigenvalue weighted by Gasteiger charge is 2.16. The van der Waals surface area contributed by atoms with Crippen LogP contribution in [0, 0.1) is 5.92 Å². The van der Waals surface area contributed by atoms with Crippen LogP contribution >= 0.6 is 0 Å². The summed E-state index contributed by atoms with van der Waals surface area (Å²) in [7, 11) is 0. The average molecular weight is 432 g/mol. The van der Waals surface area contributed by atoms with Gasteiger partial charge in [0.05, 0.1) is 17.5 Å². The summed E-state index contributed by atoms with van der Waals surface area (Å²) in [6.07, 6.45) is 13.0. The summed E-state index contributed by atoms with van der Waals surface area (Å²) in [5, 5.41) is 3.06. The Kier molecular flexibility index (Phi) is 8.35. The number of rotatable bonds is 11. The van der Waals surface area contributed by atoms with Crippen molar-refractivity contribution in [3.05, 3.63) is 66.0 Å². The minimum Gasteiger partial charge on any atom is -0.356 e. The Hall–Kier alpha value is -2.62. The van der Waals surface area contributed by atoms with Crippen molar-refractivity contribution in [2.75, 3.05) is 6.54 Å². The molecule has 1 heterocycles. The van der Waals surface area contributed by atoms with E-state index in [1.807, 2.05) is 30.3 Å². The number of amides is 1. The maximum atomic E-state index is 12.1. The first-order valence-electron chi connectivity index (χ1n) is 12.5. The van der Waals surface area contributed by atoms with E-state index in [2.05, 4.69) is 34.1 Å². The number of para-hydroxylation sites is 2. The van der Waals surface area contributed by atoms with Crippen molar-refractivity contribution in [3.8, 4) is 0 Å². The molecule has 1 N–H and O–H groups in total. The monoisotopic (exact) mass is 431 g/mol. The van der Waals surface area contributed by atoms with E-state index in [1.54, 1.807) is 0 Å². The van der Waals surface area contributed by atoms with Crippen molar-refractivity contribution < 1.29 is 4.79 Å². The van der Waals surface area contributed by atoms with E-state index in [0.29, 0.717) is 6.42 Å². The van der Waals surface area contributed by atoms with Crippen LogP contribution in [0.1, 0.15) is 69.2 Å². The highest BCUT2D eigenvalue weighted by Crippen LogP contribution is 2.28. The average Bonchev–Trinajstić information content (AvgIpc) is 3.18. The molecule has 1 aliphatic rings. The maximum absolute atomic E-state index is 12.1. The molecule has 0 spiro atoms. The van der Waals surface area contributed by atoms with Gasteiger partial charge in [-0.2, -0.15) is 0 Å². The Bertz CT molecular complexity index is 973. The largest absolute Gasteiger partial charge is 0.356 e. The standard InChI is InChI=1S/C28H37N3O/c32-28(22-24-14-6-2-7-15-24)29-20-11-3-8-18-27-30-25-16-9-10-17-26(25)31(27)21-19-23-12-4-1-5-13-23/h2,6-7,9-10,14-17,23H,1,3-5,8,11-13,18-22H2,(H,29,32). The Morgan fingerprint density at radius 1 is 0.938 bits per heavy atom. The predicted octanol–water partition coefficient (Wildman–Crippen LogP) is 6.08. The van der Waals surface area contributed by atoms with Crippen LogP contribution in [0.3, 0.4) is 0 Å². The molecule has 1 aromatic heterocycles. The van der Waals surface area contributed by atoms with Gasteiger partial charge in [-0.25, -0.2) is 4.98 Å². The number of hydrogen-bond acceptors (Lipinski definition) is 2. The quantitative estimate of drug-likeness (QED) is 0.374. The summed E-state index contributed by atoms with van der Waals surface area (Å²) < 4.78 is 2.48. The van der Waals surface area contributed by atoms with Crippen molar-refractivity contribution in [2.45, 2.75) is 77.2 Å². The number of hydrogen-bond donors (Lipinski definition) is 1. The molecule has 4 rings (SSSR count). The molecule has 4 heteroatoms. The molecule has 0 aliphatic heterocycles. The van der Waals surface area contributed by atoms with Crippen LogP contribution in [0.15, 0.2) is 54.6 Å². The number of unbranched alkanes of at least 4 members (excludes halogenated alkanes) is 2. The van der Waals surface area contributed by atoms with Crippen molar-refractivity contribution in [1.82, 2.24) is 14.9 Å².